The minimum atomic E-state index is -3.72. The van der Waals surface area contributed by atoms with Crippen molar-refractivity contribution in [2.24, 2.45) is 0 Å². The van der Waals surface area contributed by atoms with Crippen molar-refractivity contribution in [3.8, 4) is 11.1 Å². The van der Waals surface area contributed by atoms with E-state index in [0.717, 1.165) is 16.7 Å². The summed E-state index contributed by atoms with van der Waals surface area (Å²) < 4.78 is 28.1. The largest absolute Gasteiger partial charge is 0.395 e. The van der Waals surface area contributed by atoms with Gasteiger partial charge < -0.3 is 15.1 Å². The van der Waals surface area contributed by atoms with Crippen LogP contribution >= 0.6 is 0 Å². The lowest BCUT2D eigenvalue weighted by Gasteiger charge is -2.34. The minimum absolute atomic E-state index is 0.0263. The van der Waals surface area contributed by atoms with Gasteiger partial charge in [0.1, 0.15) is 0 Å². The van der Waals surface area contributed by atoms with E-state index in [0.29, 0.717) is 38.7 Å². The standard InChI is InChI=1S/C26H30N6O6S/c33-15-13-30(14-16-34)19-21-3-1-2-4-24(21)20-5-7-23(8-6-20)39(37,38)32-11-9-31(10-12-32)26-27-17-22(18-28-26)25(35)29-36/h3-8,17-18,33-34,36H,9-16,19H2,(H,29,35). The zero-order valence-corrected chi connectivity index (χ0v) is 22.0. The topological polar surface area (TPSA) is 159 Å². The first-order chi connectivity index (χ1) is 18.9. The second kappa shape index (κ2) is 12.9. The summed E-state index contributed by atoms with van der Waals surface area (Å²) in [5.74, 6) is -0.344. The van der Waals surface area contributed by atoms with Crippen LogP contribution in [0.25, 0.3) is 11.1 Å². The zero-order valence-electron chi connectivity index (χ0n) is 21.2. The molecule has 4 rings (SSSR count). The van der Waals surface area contributed by atoms with Crippen molar-refractivity contribution in [3.05, 3.63) is 72.1 Å². The van der Waals surface area contributed by atoms with Crippen LogP contribution in [0, 0.1) is 12.1 Å². The average molecular weight is 555 g/mol. The quantitative estimate of drug-likeness (QED) is 0.190. The lowest BCUT2D eigenvalue weighted by Crippen LogP contribution is -2.49. The molecule has 1 aliphatic rings. The molecule has 1 saturated heterocycles. The highest BCUT2D eigenvalue weighted by molar-refractivity contribution is 7.89. The second-order valence-electron chi connectivity index (χ2n) is 8.87. The molecule has 4 N–H and O–H groups in total. The SMILES string of the molecule is O=C(NO)c1cnc(N2CCN(S(=O)(=O)c3ccc(-c4cc#ccc4CN(CCO)CCO)cc3)CC2)nc1. The van der Waals surface area contributed by atoms with E-state index < -0.39 is 15.9 Å². The molecule has 1 amide bonds. The Kier molecular flexibility index (Phi) is 9.41. The summed E-state index contributed by atoms with van der Waals surface area (Å²) in [7, 11) is -3.72. The van der Waals surface area contributed by atoms with Gasteiger partial charge in [-0.1, -0.05) is 24.3 Å². The molecule has 0 saturated carbocycles. The Morgan fingerprint density at radius 1 is 0.974 bits per heavy atom. The van der Waals surface area contributed by atoms with Gasteiger partial charge in [-0.2, -0.15) is 4.31 Å². The Morgan fingerprint density at radius 2 is 1.59 bits per heavy atom. The fourth-order valence-electron chi connectivity index (χ4n) is 4.36. The number of hydroxylamine groups is 1. The van der Waals surface area contributed by atoms with Crippen LogP contribution in [0.3, 0.4) is 0 Å². The minimum Gasteiger partial charge on any atom is -0.395 e. The van der Waals surface area contributed by atoms with Crippen LogP contribution in [-0.4, -0.2) is 101 Å². The van der Waals surface area contributed by atoms with Crippen LogP contribution in [0.15, 0.2) is 53.7 Å². The van der Waals surface area contributed by atoms with Gasteiger partial charge in [-0.15, -0.1) is 0 Å². The maximum Gasteiger partial charge on any atom is 0.277 e. The molecular formula is C26H30N6O6S. The molecule has 0 atom stereocenters. The number of hydrogen-bond acceptors (Lipinski definition) is 10. The first-order valence-electron chi connectivity index (χ1n) is 12.3. The average Bonchev–Trinajstić information content (AvgIpc) is 2.97. The van der Waals surface area contributed by atoms with Crippen LogP contribution < -0.4 is 10.4 Å². The van der Waals surface area contributed by atoms with E-state index in [9.17, 15) is 23.4 Å². The van der Waals surface area contributed by atoms with Crippen LogP contribution in [0.2, 0.25) is 0 Å². The summed E-state index contributed by atoms with van der Waals surface area (Å²) in [5.41, 5.74) is 4.25. The third-order valence-corrected chi connectivity index (χ3v) is 8.36. The highest BCUT2D eigenvalue weighted by Gasteiger charge is 2.29. The van der Waals surface area contributed by atoms with E-state index in [2.05, 4.69) is 22.1 Å². The van der Waals surface area contributed by atoms with Crippen molar-refractivity contribution < 1.29 is 28.6 Å². The number of rotatable bonds is 11. The zero-order chi connectivity index (χ0) is 27.8. The third kappa shape index (κ3) is 6.69. The Labute approximate surface area is 227 Å². The first-order valence-corrected chi connectivity index (χ1v) is 13.8. The van der Waals surface area contributed by atoms with Crippen molar-refractivity contribution in [1.29, 1.82) is 0 Å². The smallest absolute Gasteiger partial charge is 0.277 e. The van der Waals surface area contributed by atoms with E-state index >= 15 is 0 Å². The molecule has 0 spiro atoms. The molecule has 0 aliphatic carbocycles. The third-order valence-electron chi connectivity index (χ3n) is 6.45. The second-order valence-corrected chi connectivity index (χ2v) is 10.8. The Hall–Kier alpha value is -3.64. The lowest BCUT2D eigenvalue weighted by molar-refractivity contribution is 0.0705. The molecule has 2 heterocycles. The number of benzene rings is 1. The molecule has 2 aromatic carbocycles. The van der Waals surface area contributed by atoms with Crippen LogP contribution in [0.5, 0.6) is 0 Å². The number of carbonyl (C=O) groups is 1. The van der Waals surface area contributed by atoms with E-state index in [-0.39, 0.29) is 36.8 Å². The molecule has 0 radical (unpaired) electrons. The molecule has 0 unspecified atom stereocenters. The van der Waals surface area contributed by atoms with E-state index in [4.69, 9.17) is 5.21 Å². The van der Waals surface area contributed by atoms with Crippen molar-refractivity contribution in [2.45, 2.75) is 11.4 Å². The highest BCUT2D eigenvalue weighted by Crippen LogP contribution is 2.27. The number of aromatic nitrogens is 2. The number of aliphatic hydroxyl groups excluding tert-OH is 2. The molecule has 39 heavy (non-hydrogen) atoms. The van der Waals surface area contributed by atoms with Gasteiger partial charge in [-0.05, 0) is 41.0 Å². The number of amides is 1. The highest BCUT2D eigenvalue weighted by atomic mass is 32.2. The fourth-order valence-corrected chi connectivity index (χ4v) is 5.78. The van der Waals surface area contributed by atoms with E-state index in [1.54, 1.807) is 36.4 Å². The number of piperazine rings is 1. The van der Waals surface area contributed by atoms with Gasteiger partial charge in [0.25, 0.3) is 5.91 Å². The van der Waals surface area contributed by atoms with Crippen molar-refractivity contribution in [3.63, 3.8) is 0 Å². The van der Waals surface area contributed by atoms with Gasteiger partial charge in [0.15, 0.2) is 0 Å². The van der Waals surface area contributed by atoms with Gasteiger partial charge in [0.05, 0.1) is 23.7 Å². The van der Waals surface area contributed by atoms with Crippen LogP contribution in [0.4, 0.5) is 5.95 Å². The number of sulfonamides is 1. The number of anilines is 1. The van der Waals surface area contributed by atoms with Gasteiger partial charge in [-0.3, -0.25) is 14.9 Å². The number of hydrogen-bond donors (Lipinski definition) is 4. The summed E-state index contributed by atoms with van der Waals surface area (Å²) in [4.78, 5) is 23.7. The number of aliphatic hydroxyl groups is 2. The summed E-state index contributed by atoms with van der Waals surface area (Å²) >= 11 is 0. The van der Waals surface area contributed by atoms with Gasteiger partial charge in [0.2, 0.25) is 16.0 Å². The Bertz CT molecular complexity index is 1340. The molecule has 206 valence electrons. The maximum absolute atomic E-state index is 13.3. The van der Waals surface area contributed by atoms with Gasteiger partial charge in [0, 0.05) is 58.2 Å². The van der Waals surface area contributed by atoms with Gasteiger partial charge >= 0.3 is 0 Å². The summed E-state index contributed by atoms with van der Waals surface area (Å²) in [6.07, 6.45) is 2.59. The molecule has 1 aromatic heterocycles. The van der Waals surface area contributed by atoms with E-state index in [1.165, 1.54) is 22.2 Å². The molecule has 1 fully saturated rings. The predicted octanol–water partition coefficient (Wildman–Crippen LogP) is 0.160. The molecule has 13 heteroatoms. The summed E-state index contributed by atoms with van der Waals surface area (Å²) in [6, 6.07) is 16.2. The Balaban J connectivity index is 1.43. The number of carbonyl (C=O) groups excluding carboxylic acids is 1. The normalized spacial score (nSPS) is 14.3. The van der Waals surface area contributed by atoms with E-state index in [1.807, 2.05) is 9.80 Å². The summed E-state index contributed by atoms with van der Waals surface area (Å²) in [5, 5.41) is 27.4. The predicted molar refractivity (Wildman–Crippen MR) is 141 cm³/mol. The van der Waals surface area contributed by atoms with Crippen molar-refractivity contribution in [2.75, 3.05) is 57.4 Å². The van der Waals surface area contributed by atoms with Crippen molar-refractivity contribution >= 4 is 21.9 Å². The Morgan fingerprint density at radius 3 is 2.18 bits per heavy atom. The molecule has 1 aliphatic heterocycles. The van der Waals surface area contributed by atoms with Crippen LogP contribution in [0.1, 0.15) is 15.9 Å². The monoisotopic (exact) mass is 554 g/mol. The molecule has 0 bridgehead atoms. The summed E-state index contributed by atoms with van der Waals surface area (Å²) in [6.45, 7) is 2.51. The first kappa shape index (κ1) is 28.4. The maximum atomic E-state index is 13.3. The van der Waals surface area contributed by atoms with Crippen molar-refractivity contribution in [1.82, 2.24) is 24.7 Å². The lowest BCUT2D eigenvalue weighted by atomic mass is 10.0. The number of nitrogens with zero attached hydrogens (tertiary/aromatic N) is 5. The van der Waals surface area contributed by atoms with Crippen LogP contribution in [-0.2, 0) is 16.6 Å². The fraction of sp³-hybridized carbons (Fsp3) is 0.346. The molecule has 12 nitrogen and oxygen atoms in total. The molecular weight excluding hydrogens is 524 g/mol. The van der Waals surface area contributed by atoms with Gasteiger partial charge in [-0.25, -0.2) is 23.9 Å². The number of nitrogens with one attached hydrogen (secondary N) is 1. The molecule has 3 aromatic rings.